The molecule has 0 saturated heterocycles. The molecule has 0 atom stereocenters. The van der Waals surface area contributed by atoms with Crippen LogP contribution < -0.4 is 15.4 Å². The van der Waals surface area contributed by atoms with E-state index in [1.807, 2.05) is 19.9 Å². The lowest BCUT2D eigenvalue weighted by molar-refractivity contribution is -0.147. The van der Waals surface area contributed by atoms with Crippen LogP contribution in [0, 0.1) is 13.8 Å². The van der Waals surface area contributed by atoms with Gasteiger partial charge in [0.1, 0.15) is 11.5 Å². The summed E-state index contributed by atoms with van der Waals surface area (Å²) in [6, 6.07) is 16.7. The van der Waals surface area contributed by atoms with Gasteiger partial charge in [-0.1, -0.05) is 37.6 Å². The number of carbonyl (C=O) groups is 3. The lowest BCUT2D eigenvalue weighted by Gasteiger charge is -2.15. The summed E-state index contributed by atoms with van der Waals surface area (Å²) < 4.78 is 11.8. The van der Waals surface area contributed by atoms with Gasteiger partial charge in [-0.2, -0.15) is 0 Å². The molecular weight excluding hydrogens is 584 g/mol. The molecular formula is C30H32BrClN2O5. The summed E-state index contributed by atoms with van der Waals surface area (Å²) >= 11 is 9.39. The van der Waals surface area contributed by atoms with Crippen molar-refractivity contribution < 1.29 is 23.9 Å². The maximum atomic E-state index is 12.3. The van der Waals surface area contributed by atoms with E-state index in [4.69, 9.17) is 21.1 Å². The molecule has 0 bridgehead atoms. The molecule has 0 radical (unpaired) electrons. The van der Waals surface area contributed by atoms with Crippen LogP contribution in [-0.2, 0) is 19.1 Å². The van der Waals surface area contributed by atoms with Crippen molar-refractivity contribution in [2.24, 2.45) is 0 Å². The molecule has 9 heteroatoms. The van der Waals surface area contributed by atoms with Crippen LogP contribution in [0.4, 0.5) is 11.4 Å². The van der Waals surface area contributed by atoms with E-state index in [2.05, 4.69) is 52.5 Å². The summed E-state index contributed by atoms with van der Waals surface area (Å²) in [5, 5.41) is 5.94. The van der Waals surface area contributed by atoms with Gasteiger partial charge >= 0.3 is 5.97 Å². The first-order valence-corrected chi connectivity index (χ1v) is 13.8. The van der Waals surface area contributed by atoms with Crippen LogP contribution >= 0.6 is 27.5 Å². The maximum absolute atomic E-state index is 12.3. The molecule has 3 aromatic rings. The number of hydrogen-bond donors (Lipinski definition) is 2. The minimum absolute atomic E-state index is 0.0191. The van der Waals surface area contributed by atoms with Crippen molar-refractivity contribution in [3.63, 3.8) is 0 Å². The molecule has 3 aromatic carbocycles. The van der Waals surface area contributed by atoms with Crippen LogP contribution in [0.3, 0.4) is 0 Å². The first-order chi connectivity index (χ1) is 18.5. The fourth-order valence-electron chi connectivity index (χ4n) is 3.74. The molecule has 0 spiro atoms. The van der Waals surface area contributed by atoms with Crippen molar-refractivity contribution in [3.8, 4) is 11.5 Å². The molecule has 0 unspecified atom stereocenters. The number of amides is 2. The molecule has 2 amide bonds. The Labute approximate surface area is 242 Å². The zero-order valence-corrected chi connectivity index (χ0v) is 24.7. The number of carbonyl (C=O) groups excluding carboxylic acids is 3. The number of hydrogen-bond acceptors (Lipinski definition) is 5. The summed E-state index contributed by atoms with van der Waals surface area (Å²) in [7, 11) is 0. The minimum atomic E-state index is -0.554. The Morgan fingerprint density at radius 3 is 2.33 bits per heavy atom. The SMILES string of the molecule is Cc1ccc(C(C)C)c(Oc2ccc(NC(=O)CCCC(=O)OCC(=O)Nc3cc(Cl)c(Br)cc3C)cc2)c1. The van der Waals surface area contributed by atoms with Gasteiger partial charge in [0.2, 0.25) is 5.91 Å². The van der Waals surface area contributed by atoms with Crippen LogP contribution in [0.1, 0.15) is 55.7 Å². The molecule has 2 N–H and O–H groups in total. The van der Waals surface area contributed by atoms with E-state index >= 15 is 0 Å². The number of benzene rings is 3. The Balaban J connectivity index is 1.39. The number of anilines is 2. The average Bonchev–Trinajstić information content (AvgIpc) is 2.87. The predicted molar refractivity (Wildman–Crippen MR) is 158 cm³/mol. The maximum Gasteiger partial charge on any atom is 0.306 e. The van der Waals surface area contributed by atoms with Gasteiger partial charge in [0, 0.05) is 28.7 Å². The summed E-state index contributed by atoms with van der Waals surface area (Å²) in [5.41, 5.74) is 4.22. The first kappa shape index (κ1) is 30.2. The van der Waals surface area contributed by atoms with Gasteiger partial charge in [0.25, 0.3) is 5.91 Å². The summed E-state index contributed by atoms with van der Waals surface area (Å²) in [5.74, 6) is 0.566. The fourth-order valence-corrected chi connectivity index (χ4v) is 4.36. The van der Waals surface area contributed by atoms with E-state index in [0.717, 1.165) is 26.9 Å². The smallest absolute Gasteiger partial charge is 0.306 e. The second-order valence-corrected chi connectivity index (χ2v) is 10.8. The normalized spacial score (nSPS) is 10.7. The number of esters is 1. The van der Waals surface area contributed by atoms with Gasteiger partial charge in [0.15, 0.2) is 6.61 Å². The average molecular weight is 616 g/mol. The number of halogens is 2. The molecule has 0 heterocycles. The summed E-state index contributed by atoms with van der Waals surface area (Å²) in [6.45, 7) is 7.66. The van der Waals surface area contributed by atoms with Crippen LogP contribution in [-0.4, -0.2) is 24.4 Å². The Morgan fingerprint density at radius 1 is 0.923 bits per heavy atom. The fraction of sp³-hybridized carbons (Fsp3) is 0.300. The highest BCUT2D eigenvalue weighted by Gasteiger charge is 2.13. The van der Waals surface area contributed by atoms with Gasteiger partial charge in [-0.05, 0) is 101 Å². The third-order valence-corrected chi connectivity index (χ3v) is 7.04. The first-order valence-electron chi connectivity index (χ1n) is 12.6. The van der Waals surface area contributed by atoms with Gasteiger partial charge in [-0.25, -0.2) is 0 Å². The highest BCUT2D eigenvalue weighted by Crippen LogP contribution is 2.32. The molecule has 206 valence electrons. The van der Waals surface area contributed by atoms with Gasteiger partial charge in [-0.3, -0.25) is 14.4 Å². The topological polar surface area (TPSA) is 93.7 Å². The van der Waals surface area contributed by atoms with Gasteiger partial charge < -0.3 is 20.1 Å². The van der Waals surface area contributed by atoms with Gasteiger partial charge in [0.05, 0.1) is 5.02 Å². The van der Waals surface area contributed by atoms with Crippen molar-refractivity contribution in [3.05, 3.63) is 80.8 Å². The quantitative estimate of drug-likeness (QED) is 0.214. The number of ether oxygens (including phenoxy) is 2. The molecule has 0 aliphatic heterocycles. The predicted octanol–water partition coefficient (Wildman–Crippen LogP) is 7.93. The van der Waals surface area contributed by atoms with E-state index in [1.54, 1.807) is 36.4 Å². The zero-order chi connectivity index (χ0) is 28.5. The molecule has 0 fully saturated rings. The van der Waals surface area contributed by atoms with Crippen molar-refractivity contribution >= 4 is 56.7 Å². The van der Waals surface area contributed by atoms with Crippen molar-refractivity contribution in [2.75, 3.05) is 17.2 Å². The molecule has 0 aromatic heterocycles. The lowest BCUT2D eigenvalue weighted by Crippen LogP contribution is -2.21. The van der Waals surface area contributed by atoms with Crippen molar-refractivity contribution in [2.45, 2.75) is 52.9 Å². The van der Waals surface area contributed by atoms with Crippen LogP contribution in [0.15, 0.2) is 59.1 Å². The summed E-state index contributed by atoms with van der Waals surface area (Å²) in [6.07, 6.45) is 0.447. The van der Waals surface area contributed by atoms with Crippen molar-refractivity contribution in [1.29, 1.82) is 0 Å². The van der Waals surface area contributed by atoms with Gasteiger partial charge in [-0.15, -0.1) is 0 Å². The molecule has 0 saturated carbocycles. The molecule has 39 heavy (non-hydrogen) atoms. The highest BCUT2D eigenvalue weighted by atomic mass is 79.9. The number of aryl methyl sites for hydroxylation is 2. The molecule has 7 nitrogen and oxygen atoms in total. The lowest BCUT2D eigenvalue weighted by atomic mass is 10.0. The van der Waals surface area contributed by atoms with E-state index in [1.165, 1.54) is 0 Å². The standard InChI is InChI=1S/C30H32BrClN2O5/c1-18(2)23-13-8-19(3)14-27(23)39-22-11-9-21(10-12-22)33-28(35)6-5-7-30(37)38-17-29(36)34-26-16-25(32)24(31)15-20(26)4/h8-16,18H,5-7,17H2,1-4H3,(H,33,35)(H,34,36). The van der Waals surface area contributed by atoms with E-state index in [-0.39, 0.29) is 18.7 Å². The number of rotatable bonds is 11. The largest absolute Gasteiger partial charge is 0.457 e. The zero-order valence-electron chi connectivity index (χ0n) is 22.4. The second kappa shape index (κ2) is 14.1. The highest BCUT2D eigenvalue weighted by molar-refractivity contribution is 9.10. The Morgan fingerprint density at radius 2 is 1.64 bits per heavy atom. The van der Waals surface area contributed by atoms with Crippen molar-refractivity contribution in [1.82, 2.24) is 0 Å². The third-order valence-electron chi connectivity index (χ3n) is 5.85. The van der Waals surface area contributed by atoms with E-state index in [9.17, 15) is 14.4 Å². The van der Waals surface area contributed by atoms with Crippen LogP contribution in [0.2, 0.25) is 5.02 Å². The Kier molecular flexibility index (Phi) is 10.9. The second-order valence-electron chi connectivity index (χ2n) is 9.51. The van der Waals surface area contributed by atoms with E-state index in [0.29, 0.717) is 34.5 Å². The van der Waals surface area contributed by atoms with E-state index < -0.39 is 18.5 Å². The molecule has 0 aliphatic rings. The molecule has 3 rings (SSSR count). The van der Waals surface area contributed by atoms with Crippen LogP contribution in [0.25, 0.3) is 0 Å². The minimum Gasteiger partial charge on any atom is -0.457 e. The number of nitrogens with one attached hydrogen (secondary N) is 2. The Hall–Kier alpha value is -3.36. The Bertz CT molecular complexity index is 1340. The monoisotopic (exact) mass is 614 g/mol. The molecule has 0 aliphatic carbocycles. The van der Waals surface area contributed by atoms with Crippen LogP contribution in [0.5, 0.6) is 11.5 Å². The third kappa shape index (κ3) is 9.41. The summed E-state index contributed by atoms with van der Waals surface area (Å²) in [4.78, 5) is 36.4.